The van der Waals surface area contributed by atoms with Crippen LogP contribution in [0.5, 0.6) is 0 Å². The molecule has 0 saturated carbocycles. The predicted molar refractivity (Wildman–Crippen MR) is 45.5 cm³/mol. The van der Waals surface area contributed by atoms with Gasteiger partial charge in [-0.15, -0.1) is 0 Å². The Bertz CT molecular complexity index is 207. The summed E-state index contributed by atoms with van der Waals surface area (Å²) in [4.78, 5) is 0.774. The highest BCUT2D eigenvalue weighted by Gasteiger charge is 2.02. The molecule has 0 aromatic heterocycles. The molecule has 0 unspecified atom stereocenters. The Morgan fingerprint density at radius 1 is 1.22 bits per heavy atom. The predicted octanol–water partition coefficient (Wildman–Crippen LogP) is 2.08. The topological polar surface area (TPSA) is 17.1 Å². The van der Waals surface area contributed by atoms with E-state index in [1.807, 2.05) is 24.3 Å². The third-order valence-corrected chi connectivity index (χ3v) is 2.09. The van der Waals surface area contributed by atoms with E-state index in [9.17, 15) is 4.21 Å². The van der Waals surface area contributed by atoms with Crippen LogP contribution in [-0.2, 0) is 15.9 Å². The largest absolute Gasteiger partial charge is 0.505 e. The van der Waals surface area contributed by atoms with E-state index in [-0.39, 0.29) is 0 Å². The van der Waals surface area contributed by atoms with Crippen molar-refractivity contribution >= 4 is 34.3 Å². The summed E-state index contributed by atoms with van der Waals surface area (Å²) < 4.78 is 11.3. The van der Waals surface area contributed by atoms with Crippen molar-refractivity contribution in [1.82, 2.24) is 0 Å². The van der Waals surface area contributed by atoms with Crippen molar-refractivity contribution in [2.24, 2.45) is 0 Å². The zero-order valence-electron chi connectivity index (χ0n) is 4.50. The summed E-state index contributed by atoms with van der Waals surface area (Å²) >= 11 is 2.73. The minimum atomic E-state index is 0.524. The van der Waals surface area contributed by atoms with Crippen molar-refractivity contribution in [3.8, 4) is 0 Å². The maximum Gasteiger partial charge on any atom is 0.505 e. The first-order valence-corrected chi connectivity index (χ1v) is 4.20. The lowest BCUT2D eigenvalue weighted by molar-refractivity contribution is 0.605. The molecule has 46 valence electrons. The molecule has 0 fully saturated rings. The second kappa shape index (κ2) is 3.22. The van der Waals surface area contributed by atoms with Gasteiger partial charge < -0.3 is 0 Å². The molecule has 1 aromatic carbocycles. The molecule has 0 amide bonds. The van der Waals surface area contributed by atoms with E-state index in [0.29, 0.717) is 11.7 Å². The van der Waals surface area contributed by atoms with E-state index >= 15 is 0 Å². The van der Waals surface area contributed by atoms with Crippen molar-refractivity contribution in [2.45, 2.75) is 4.90 Å². The smallest absolute Gasteiger partial charge is 0.0443 e. The van der Waals surface area contributed by atoms with Crippen LogP contribution in [-0.4, -0.2) is 0 Å². The van der Waals surface area contributed by atoms with Crippen molar-refractivity contribution in [3.63, 3.8) is 0 Å². The van der Waals surface area contributed by atoms with Gasteiger partial charge in [-0.3, -0.25) is 0 Å². The Morgan fingerprint density at radius 2 is 1.78 bits per heavy atom. The molecule has 0 radical (unpaired) electrons. The van der Waals surface area contributed by atoms with Crippen LogP contribution in [0.3, 0.4) is 0 Å². The average molecular weight is 251 g/mol. The van der Waals surface area contributed by atoms with Crippen LogP contribution in [0.15, 0.2) is 29.2 Å². The summed E-state index contributed by atoms with van der Waals surface area (Å²) in [6.45, 7) is 0. The fraction of sp³-hybridized carbons (Fsp3) is 0. The molecule has 0 N–H and O–H groups in total. The number of rotatable bonds is 1. The van der Waals surface area contributed by atoms with Gasteiger partial charge in [0.15, 0.2) is 0 Å². The fourth-order valence-electron chi connectivity index (χ4n) is 0.490. The third-order valence-electron chi connectivity index (χ3n) is 0.910. The molecular formula is C6H4IOS+. The van der Waals surface area contributed by atoms with Gasteiger partial charge in [-0.05, 0) is 34.7 Å². The zero-order chi connectivity index (χ0) is 6.69. The molecule has 9 heavy (non-hydrogen) atoms. The van der Waals surface area contributed by atoms with Crippen LogP contribution >= 0.6 is 22.6 Å². The number of halogens is 1. The second-order valence-corrected chi connectivity index (χ2v) is 3.42. The van der Waals surface area contributed by atoms with Crippen LogP contribution in [0.25, 0.3) is 0 Å². The molecule has 1 nitrogen and oxygen atoms in total. The molecule has 3 heteroatoms. The lowest BCUT2D eigenvalue weighted by Crippen LogP contribution is -1.72. The van der Waals surface area contributed by atoms with Gasteiger partial charge in [0.2, 0.25) is 0 Å². The normalized spacial score (nSPS) is 9.00. The van der Waals surface area contributed by atoms with Gasteiger partial charge in [0.05, 0.1) is 0 Å². The van der Waals surface area contributed by atoms with E-state index < -0.39 is 0 Å². The quantitative estimate of drug-likeness (QED) is 0.551. The maximum atomic E-state index is 10.2. The van der Waals surface area contributed by atoms with E-state index in [4.69, 9.17) is 0 Å². The maximum absolute atomic E-state index is 10.2. The first-order valence-electron chi connectivity index (χ1n) is 2.38. The summed E-state index contributed by atoms with van der Waals surface area (Å²) in [6.07, 6.45) is 0. The molecule has 0 heterocycles. The third kappa shape index (κ3) is 1.98. The first kappa shape index (κ1) is 7.08. The lowest BCUT2D eigenvalue weighted by atomic mass is 10.4. The summed E-state index contributed by atoms with van der Waals surface area (Å²) in [5.41, 5.74) is 0. The first-order chi connectivity index (χ1) is 4.33. The Hall–Kier alpha value is -0.0300. The SMILES string of the molecule is O=[S+]c1ccc(I)cc1. The van der Waals surface area contributed by atoms with Gasteiger partial charge >= 0.3 is 11.7 Å². The highest BCUT2D eigenvalue weighted by Crippen LogP contribution is 2.05. The Balaban J connectivity index is 3.01. The molecular weight excluding hydrogens is 247 g/mol. The van der Waals surface area contributed by atoms with E-state index in [1.54, 1.807) is 0 Å². The molecule has 1 aromatic rings. The van der Waals surface area contributed by atoms with E-state index in [0.717, 1.165) is 8.47 Å². The highest BCUT2D eigenvalue weighted by atomic mass is 127. The Labute approximate surface area is 71.1 Å². The highest BCUT2D eigenvalue weighted by molar-refractivity contribution is 14.1. The minimum absolute atomic E-state index is 0.524. The fourth-order valence-corrected chi connectivity index (χ4v) is 1.10. The summed E-state index contributed by atoms with van der Waals surface area (Å²) in [6, 6.07) is 7.47. The molecule has 0 aliphatic rings. The van der Waals surface area contributed by atoms with Crippen LogP contribution in [0.4, 0.5) is 0 Å². The standard InChI is InChI=1S/C6H4IOS/c7-5-1-3-6(9-8)4-2-5/h1-4H/q+1. The number of hydrogen-bond donors (Lipinski definition) is 0. The van der Waals surface area contributed by atoms with Gasteiger partial charge in [-0.25, -0.2) is 0 Å². The van der Waals surface area contributed by atoms with Crippen LogP contribution in [0.1, 0.15) is 0 Å². The van der Waals surface area contributed by atoms with Gasteiger partial charge in [0.25, 0.3) is 4.90 Å². The molecule has 0 saturated heterocycles. The summed E-state index contributed by atoms with van der Waals surface area (Å²) in [5.74, 6) is 0. The monoisotopic (exact) mass is 251 g/mol. The number of benzene rings is 1. The van der Waals surface area contributed by atoms with Crippen molar-refractivity contribution in [3.05, 3.63) is 27.8 Å². The van der Waals surface area contributed by atoms with Crippen LogP contribution in [0.2, 0.25) is 0 Å². The molecule has 0 aliphatic carbocycles. The van der Waals surface area contributed by atoms with E-state index in [1.165, 1.54) is 0 Å². The van der Waals surface area contributed by atoms with Crippen molar-refractivity contribution < 1.29 is 4.21 Å². The second-order valence-electron chi connectivity index (χ2n) is 1.54. The van der Waals surface area contributed by atoms with Gasteiger partial charge in [0, 0.05) is 19.9 Å². The summed E-state index contributed by atoms with van der Waals surface area (Å²) in [7, 11) is 0. The molecule has 0 atom stereocenters. The minimum Gasteiger partial charge on any atom is -0.0443 e. The number of hydrogen-bond acceptors (Lipinski definition) is 1. The van der Waals surface area contributed by atoms with Gasteiger partial charge in [-0.2, -0.15) is 0 Å². The molecule has 1 rings (SSSR count). The van der Waals surface area contributed by atoms with Gasteiger partial charge in [0.1, 0.15) is 0 Å². The lowest BCUT2D eigenvalue weighted by Gasteiger charge is -1.80. The van der Waals surface area contributed by atoms with Crippen molar-refractivity contribution in [2.75, 3.05) is 0 Å². The van der Waals surface area contributed by atoms with Crippen LogP contribution in [0, 0.1) is 3.57 Å². The van der Waals surface area contributed by atoms with E-state index in [2.05, 4.69) is 22.6 Å². The average Bonchev–Trinajstić information content (AvgIpc) is 1.90. The van der Waals surface area contributed by atoms with Gasteiger partial charge in [-0.1, -0.05) is 0 Å². The van der Waals surface area contributed by atoms with Crippen molar-refractivity contribution in [1.29, 1.82) is 0 Å². The summed E-state index contributed by atoms with van der Waals surface area (Å²) in [5, 5.41) is 0. The molecule has 0 aliphatic heterocycles. The van der Waals surface area contributed by atoms with Crippen LogP contribution < -0.4 is 0 Å². The molecule has 0 bridgehead atoms. The Kier molecular flexibility index (Phi) is 2.53. The zero-order valence-corrected chi connectivity index (χ0v) is 7.48. The Morgan fingerprint density at radius 3 is 2.22 bits per heavy atom. The molecule has 0 spiro atoms.